The summed E-state index contributed by atoms with van der Waals surface area (Å²) >= 11 is 0. The summed E-state index contributed by atoms with van der Waals surface area (Å²) in [4.78, 5) is 4.25. The zero-order valence-corrected chi connectivity index (χ0v) is 13.5. The van der Waals surface area contributed by atoms with Crippen LogP contribution < -0.4 is 10.5 Å². The Morgan fingerprint density at radius 3 is 2.43 bits per heavy atom. The molecule has 0 aliphatic carbocycles. The Bertz CT molecular complexity index is 627. The number of rotatable bonds is 3. The Hall–Kier alpha value is -1.87. The highest BCUT2D eigenvalue weighted by molar-refractivity contribution is 5.40. The molecule has 0 aliphatic rings. The first-order valence-electron chi connectivity index (χ1n) is 7.28. The molecule has 1 heterocycles. The molecule has 2 rings (SSSR count). The third kappa shape index (κ3) is 3.82. The predicted octanol–water partition coefficient (Wildman–Crippen LogP) is 4.50. The number of ether oxygens (including phenoxy) is 1. The monoisotopic (exact) mass is 284 g/mol. The van der Waals surface area contributed by atoms with Crippen molar-refractivity contribution < 1.29 is 4.74 Å². The maximum atomic E-state index is 5.90. The molecule has 0 amide bonds. The van der Waals surface area contributed by atoms with Crippen LogP contribution in [0, 0.1) is 6.92 Å². The van der Waals surface area contributed by atoms with Crippen molar-refractivity contribution in [3.8, 4) is 11.6 Å². The van der Waals surface area contributed by atoms with E-state index >= 15 is 0 Å². The van der Waals surface area contributed by atoms with Crippen molar-refractivity contribution in [1.82, 2.24) is 4.98 Å². The van der Waals surface area contributed by atoms with Crippen LogP contribution in [0.25, 0.3) is 0 Å². The molecule has 1 aromatic heterocycles. The van der Waals surface area contributed by atoms with Crippen molar-refractivity contribution in [2.24, 2.45) is 5.73 Å². The average molecular weight is 284 g/mol. The summed E-state index contributed by atoms with van der Waals surface area (Å²) in [5, 5.41) is 0. The van der Waals surface area contributed by atoms with Crippen molar-refractivity contribution in [2.45, 2.75) is 46.1 Å². The van der Waals surface area contributed by atoms with Crippen LogP contribution in [-0.4, -0.2) is 4.98 Å². The van der Waals surface area contributed by atoms with Crippen LogP contribution in [0.4, 0.5) is 0 Å². The van der Waals surface area contributed by atoms with Gasteiger partial charge in [0.25, 0.3) is 0 Å². The second-order valence-corrected chi connectivity index (χ2v) is 6.55. The third-order valence-corrected chi connectivity index (χ3v) is 3.54. The quantitative estimate of drug-likeness (QED) is 0.902. The van der Waals surface area contributed by atoms with E-state index in [-0.39, 0.29) is 11.5 Å². The van der Waals surface area contributed by atoms with E-state index in [0.717, 1.165) is 16.9 Å². The van der Waals surface area contributed by atoms with Crippen molar-refractivity contribution in [1.29, 1.82) is 0 Å². The highest BCUT2D eigenvalue weighted by atomic mass is 16.5. The van der Waals surface area contributed by atoms with E-state index in [2.05, 4.69) is 44.8 Å². The van der Waals surface area contributed by atoms with Gasteiger partial charge in [0.2, 0.25) is 5.88 Å². The van der Waals surface area contributed by atoms with E-state index in [4.69, 9.17) is 10.5 Å². The van der Waals surface area contributed by atoms with Gasteiger partial charge in [-0.1, -0.05) is 32.9 Å². The molecule has 0 bridgehead atoms. The lowest BCUT2D eigenvalue weighted by atomic mass is 9.86. The largest absolute Gasteiger partial charge is 0.439 e. The highest BCUT2D eigenvalue weighted by Gasteiger charge is 2.15. The summed E-state index contributed by atoms with van der Waals surface area (Å²) in [6.45, 7) is 10.6. The van der Waals surface area contributed by atoms with Crippen LogP contribution in [0.2, 0.25) is 0 Å². The number of aryl methyl sites for hydroxylation is 1. The summed E-state index contributed by atoms with van der Waals surface area (Å²) in [5.41, 5.74) is 9.45. The molecule has 0 spiro atoms. The van der Waals surface area contributed by atoms with Gasteiger partial charge in [0, 0.05) is 18.3 Å². The second kappa shape index (κ2) is 5.86. The molecule has 0 saturated carbocycles. The number of nitrogens with zero attached hydrogens (tertiary/aromatic N) is 1. The minimum Gasteiger partial charge on any atom is -0.439 e. The maximum Gasteiger partial charge on any atom is 0.219 e. The minimum absolute atomic E-state index is 0.0280. The van der Waals surface area contributed by atoms with E-state index in [1.165, 1.54) is 5.56 Å². The number of hydrogen-bond donors (Lipinski definition) is 1. The Balaban J connectivity index is 2.26. The average Bonchev–Trinajstić information content (AvgIpc) is 2.40. The van der Waals surface area contributed by atoms with Gasteiger partial charge < -0.3 is 10.5 Å². The van der Waals surface area contributed by atoms with Gasteiger partial charge in [-0.15, -0.1) is 0 Å². The number of pyridine rings is 1. The molecule has 0 fully saturated rings. The van der Waals surface area contributed by atoms with Crippen molar-refractivity contribution >= 4 is 0 Å². The fourth-order valence-electron chi connectivity index (χ4n) is 2.11. The summed E-state index contributed by atoms with van der Waals surface area (Å²) < 4.78 is 5.90. The van der Waals surface area contributed by atoms with E-state index in [0.29, 0.717) is 5.88 Å². The Morgan fingerprint density at radius 1 is 1.14 bits per heavy atom. The molecular weight excluding hydrogens is 260 g/mol. The van der Waals surface area contributed by atoms with Gasteiger partial charge >= 0.3 is 0 Å². The van der Waals surface area contributed by atoms with Gasteiger partial charge in [-0.25, -0.2) is 4.98 Å². The summed E-state index contributed by atoms with van der Waals surface area (Å²) in [6.07, 6.45) is 1.73. The SMILES string of the molecule is Cc1cc(C(C)(C)C)ccc1Oc1cc([C@@H](C)N)ccn1. The number of aromatic nitrogens is 1. The van der Waals surface area contributed by atoms with Crippen molar-refractivity contribution in [2.75, 3.05) is 0 Å². The summed E-state index contributed by atoms with van der Waals surface area (Å²) in [7, 11) is 0. The maximum absolute atomic E-state index is 5.90. The van der Waals surface area contributed by atoms with Gasteiger partial charge in [-0.05, 0) is 48.1 Å². The zero-order valence-electron chi connectivity index (χ0n) is 13.5. The second-order valence-electron chi connectivity index (χ2n) is 6.55. The van der Waals surface area contributed by atoms with Gasteiger partial charge in [-0.3, -0.25) is 0 Å². The lowest BCUT2D eigenvalue weighted by molar-refractivity contribution is 0.457. The minimum atomic E-state index is -0.0280. The number of benzene rings is 1. The normalized spacial score (nSPS) is 13.0. The van der Waals surface area contributed by atoms with Crippen LogP contribution in [0.3, 0.4) is 0 Å². The number of hydrogen-bond acceptors (Lipinski definition) is 3. The Kier molecular flexibility index (Phi) is 4.33. The van der Waals surface area contributed by atoms with Crippen LogP contribution in [0.5, 0.6) is 11.6 Å². The molecule has 0 saturated heterocycles. The first-order valence-corrected chi connectivity index (χ1v) is 7.28. The van der Waals surface area contributed by atoms with Crippen LogP contribution in [0.1, 0.15) is 50.4 Å². The Morgan fingerprint density at radius 2 is 1.86 bits per heavy atom. The molecule has 3 nitrogen and oxygen atoms in total. The van der Waals surface area contributed by atoms with Crippen molar-refractivity contribution in [3.63, 3.8) is 0 Å². The highest BCUT2D eigenvalue weighted by Crippen LogP contribution is 2.30. The first kappa shape index (κ1) is 15.5. The fraction of sp³-hybridized carbons (Fsp3) is 0.389. The molecule has 2 aromatic rings. The van der Waals surface area contributed by atoms with E-state index in [9.17, 15) is 0 Å². The smallest absolute Gasteiger partial charge is 0.219 e. The molecule has 21 heavy (non-hydrogen) atoms. The molecule has 0 unspecified atom stereocenters. The topological polar surface area (TPSA) is 48.1 Å². The third-order valence-electron chi connectivity index (χ3n) is 3.54. The lowest BCUT2D eigenvalue weighted by Gasteiger charge is -2.20. The van der Waals surface area contributed by atoms with E-state index in [1.807, 2.05) is 25.1 Å². The number of nitrogens with two attached hydrogens (primary N) is 1. The molecule has 3 heteroatoms. The molecule has 0 aliphatic heterocycles. The summed E-state index contributed by atoms with van der Waals surface area (Å²) in [6, 6.07) is 10.1. The van der Waals surface area contributed by atoms with Gasteiger partial charge in [-0.2, -0.15) is 0 Å². The lowest BCUT2D eigenvalue weighted by Crippen LogP contribution is -2.11. The predicted molar refractivity (Wildman–Crippen MR) is 86.8 cm³/mol. The van der Waals surface area contributed by atoms with E-state index < -0.39 is 0 Å². The van der Waals surface area contributed by atoms with Gasteiger partial charge in [0.1, 0.15) is 5.75 Å². The zero-order chi connectivity index (χ0) is 15.6. The van der Waals surface area contributed by atoms with Crippen LogP contribution >= 0.6 is 0 Å². The van der Waals surface area contributed by atoms with Crippen molar-refractivity contribution in [3.05, 3.63) is 53.2 Å². The van der Waals surface area contributed by atoms with Gasteiger partial charge in [0.05, 0.1) is 0 Å². The Labute approximate surface area is 127 Å². The fourth-order valence-corrected chi connectivity index (χ4v) is 2.11. The molecular formula is C18H24N2O. The van der Waals surface area contributed by atoms with Gasteiger partial charge in [0.15, 0.2) is 0 Å². The van der Waals surface area contributed by atoms with Crippen LogP contribution in [0.15, 0.2) is 36.5 Å². The standard InChI is InChI=1S/C18H24N2O/c1-12-10-15(18(3,4)5)6-7-16(12)21-17-11-14(13(2)19)8-9-20-17/h6-11,13H,19H2,1-5H3/t13-/m1/s1. The molecule has 0 radical (unpaired) electrons. The molecule has 1 atom stereocenters. The summed E-state index contributed by atoms with van der Waals surface area (Å²) in [5.74, 6) is 1.41. The first-order chi connectivity index (χ1) is 9.77. The van der Waals surface area contributed by atoms with Crippen LogP contribution in [-0.2, 0) is 5.41 Å². The molecule has 1 aromatic carbocycles. The van der Waals surface area contributed by atoms with E-state index in [1.54, 1.807) is 6.20 Å². The molecule has 112 valence electrons. The molecule has 2 N–H and O–H groups in total.